The molecule has 0 amide bonds. The maximum Gasteiger partial charge on any atom is 0.107 e. The van der Waals surface area contributed by atoms with Crippen LogP contribution in [0.4, 0.5) is 0 Å². The van der Waals surface area contributed by atoms with E-state index in [0.29, 0.717) is 0 Å². The molecule has 1 saturated heterocycles. The molecule has 0 aliphatic carbocycles. The van der Waals surface area contributed by atoms with Crippen LogP contribution >= 0.6 is 34.0 Å². The van der Waals surface area contributed by atoms with Crippen LogP contribution < -0.4 is 0 Å². The first-order valence-electron chi connectivity index (χ1n) is 6.06. The van der Waals surface area contributed by atoms with Gasteiger partial charge in [-0.1, -0.05) is 12.1 Å². The van der Waals surface area contributed by atoms with Gasteiger partial charge in [0, 0.05) is 13.1 Å². The second kappa shape index (κ2) is 7.38. The van der Waals surface area contributed by atoms with Crippen molar-refractivity contribution in [1.82, 2.24) is 14.5 Å². The first kappa shape index (κ1) is 16.6. The molecular weight excluding hydrogens is 374 g/mol. The average Bonchev–Trinajstić information content (AvgIpc) is 2.68. The molecule has 2 aromatic rings. The van der Waals surface area contributed by atoms with Gasteiger partial charge in [0.15, 0.2) is 0 Å². The number of ether oxygens (including phenoxy) is 1. The van der Waals surface area contributed by atoms with Crippen LogP contribution in [-0.4, -0.2) is 40.8 Å². The Bertz CT molecular complexity index is 524. The van der Waals surface area contributed by atoms with Crippen LogP contribution in [0, 0.1) is 6.92 Å². The van der Waals surface area contributed by atoms with E-state index in [2.05, 4.69) is 39.6 Å². The third-order valence-corrected chi connectivity index (χ3v) is 3.29. The number of benzene rings is 1. The van der Waals surface area contributed by atoms with Crippen molar-refractivity contribution in [2.24, 2.45) is 0 Å². The van der Waals surface area contributed by atoms with Crippen LogP contribution in [-0.2, 0) is 11.4 Å². The monoisotopic (exact) mass is 391 g/mol. The number of para-hydroxylation sites is 2. The van der Waals surface area contributed by atoms with E-state index in [1.165, 1.54) is 5.52 Å². The summed E-state index contributed by atoms with van der Waals surface area (Å²) in [7, 11) is 0. The normalized spacial score (nSPS) is 15.8. The molecule has 0 N–H and O–H groups in total. The smallest absolute Gasteiger partial charge is 0.107 e. The van der Waals surface area contributed by atoms with E-state index in [4.69, 9.17) is 4.74 Å². The van der Waals surface area contributed by atoms with Crippen molar-refractivity contribution in [1.29, 1.82) is 0 Å². The molecule has 1 aromatic carbocycles. The molecule has 0 saturated carbocycles. The van der Waals surface area contributed by atoms with Gasteiger partial charge in [-0.15, -0.1) is 34.0 Å². The summed E-state index contributed by atoms with van der Waals surface area (Å²) < 4.78 is 7.65. The number of hydrogen-bond donors (Lipinski definition) is 0. The topological polar surface area (TPSA) is 30.3 Å². The Morgan fingerprint density at radius 2 is 1.84 bits per heavy atom. The predicted molar refractivity (Wildman–Crippen MR) is 87.5 cm³/mol. The minimum atomic E-state index is 0. The van der Waals surface area contributed by atoms with Crippen molar-refractivity contribution in [2.45, 2.75) is 13.6 Å². The molecule has 4 nitrogen and oxygen atoms in total. The molecule has 1 aliphatic rings. The lowest BCUT2D eigenvalue weighted by Gasteiger charge is -2.27. The number of rotatable bonds is 2. The zero-order chi connectivity index (χ0) is 11.7. The fourth-order valence-electron chi connectivity index (χ4n) is 2.32. The number of nitrogens with zero attached hydrogens (tertiary/aromatic N) is 3. The summed E-state index contributed by atoms with van der Waals surface area (Å²) in [4.78, 5) is 6.99. The van der Waals surface area contributed by atoms with Crippen LogP contribution in [0.3, 0.4) is 0 Å². The molecule has 6 heteroatoms. The van der Waals surface area contributed by atoms with Gasteiger partial charge in [-0.25, -0.2) is 4.98 Å². The summed E-state index contributed by atoms with van der Waals surface area (Å²) in [5, 5.41) is 0. The molecular formula is C13H19Br2N3O. The van der Waals surface area contributed by atoms with E-state index in [9.17, 15) is 0 Å². The molecule has 0 unspecified atom stereocenters. The highest BCUT2D eigenvalue weighted by Crippen LogP contribution is 2.16. The lowest BCUT2D eigenvalue weighted by molar-refractivity contribution is 0.0238. The molecule has 2 heterocycles. The largest absolute Gasteiger partial charge is 0.379 e. The fraction of sp³-hybridized carbons (Fsp3) is 0.462. The molecule has 1 aliphatic heterocycles. The van der Waals surface area contributed by atoms with Gasteiger partial charge in [0.2, 0.25) is 0 Å². The van der Waals surface area contributed by atoms with Crippen LogP contribution in [0.15, 0.2) is 24.3 Å². The van der Waals surface area contributed by atoms with Gasteiger partial charge < -0.3 is 9.30 Å². The van der Waals surface area contributed by atoms with Gasteiger partial charge >= 0.3 is 0 Å². The third kappa shape index (κ3) is 3.56. The number of fused-ring (bicyclic) bond motifs is 1. The van der Waals surface area contributed by atoms with Crippen LogP contribution in [0.2, 0.25) is 0 Å². The number of imidazole rings is 1. The Hall–Kier alpha value is -0.430. The van der Waals surface area contributed by atoms with E-state index in [1.54, 1.807) is 0 Å². The van der Waals surface area contributed by atoms with Crippen molar-refractivity contribution in [3.8, 4) is 0 Å². The minimum Gasteiger partial charge on any atom is -0.379 e. The molecule has 0 bridgehead atoms. The summed E-state index contributed by atoms with van der Waals surface area (Å²) in [5.41, 5.74) is 2.30. The number of aryl methyl sites for hydroxylation is 1. The highest BCUT2D eigenvalue weighted by molar-refractivity contribution is 8.93. The lowest BCUT2D eigenvalue weighted by atomic mass is 10.3. The fourth-order valence-corrected chi connectivity index (χ4v) is 2.32. The van der Waals surface area contributed by atoms with Crippen LogP contribution in [0.5, 0.6) is 0 Å². The highest BCUT2D eigenvalue weighted by Gasteiger charge is 2.13. The van der Waals surface area contributed by atoms with E-state index < -0.39 is 0 Å². The van der Waals surface area contributed by atoms with Crippen LogP contribution in [0.25, 0.3) is 11.0 Å². The average molecular weight is 393 g/mol. The predicted octanol–water partition coefficient (Wildman–Crippen LogP) is 2.79. The molecule has 1 fully saturated rings. The lowest BCUT2D eigenvalue weighted by Crippen LogP contribution is -2.37. The molecule has 1 aromatic heterocycles. The highest BCUT2D eigenvalue weighted by atomic mass is 79.9. The molecule has 0 atom stereocenters. The van der Waals surface area contributed by atoms with E-state index in [1.807, 2.05) is 6.07 Å². The van der Waals surface area contributed by atoms with Gasteiger partial charge in [0.25, 0.3) is 0 Å². The minimum absolute atomic E-state index is 0. The maximum atomic E-state index is 5.37. The van der Waals surface area contributed by atoms with Crippen molar-refractivity contribution < 1.29 is 4.74 Å². The summed E-state index contributed by atoms with van der Waals surface area (Å²) in [5.74, 6) is 1.08. The van der Waals surface area contributed by atoms with Gasteiger partial charge in [-0.3, -0.25) is 4.90 Å². The number of halogens is 2. The quantitative estimate of drug-likeness (QED) is 0.787. The first-order chi connectivity index (χ1) is 8.34. The van der Waals surface area contributed by atoms with E-state index in [0.717, 1.165) is 44.3 Å². The third-order valence-electron chi connectivity index (χ3n) is 3.29. The SMILES string of the molecule is Br.Br.Cc1nc2ccccc2n1CN1CCOCC1. The van der Waals surface area contributed by atoms with Crippen molar-refractivity contribution >= 4 is 45.0 Å². The molecule has 19 heavy (non-hydrogen) atoms. The van der Waals surface area contributed by atoms with Gasteiger partial charge in [-0.2, -0.15) is 0 Å². The Morgan fingerprint density at radius 1 is 1.16 bits per heavy atom. The van der Waals surface area contributed by atoms with Crippen molar-refractivity contribution in [3.63, 3.8) is 0 Å². The zero-order valence-corrected chi connectivity index (χ0v) is 14.3. The van der Waals surface area contributed by atoms with Gasteiger partial charge in [0.05, 0.1) is 30.9 Å². The molecule has 106 valence electrons. The molecule has 0 spiro atoms. The summed E-state index contributed by atoms with van der Waals surface area (Å²) >= 11 is 0. The summed E-state index contributed by atoms with van der Waals surface area (Å²) in [6, 6.07) is 8.31. The molecule has 3 rings (SSSR count). The Morgan fingerprint density at radius 3 is 2.58 bits per heavy atom. The van der Waals surface area contributed by atoms with E-state index >= 15 is 0 Å². The van der Waals surface area contributed by atoms with Gasteiger partial charge in [-0.05, 0) is 19.1 Å². The maximum absolute atomic E-state index is 5.37. The Kier molecular flexibility index (Phi) is 6.46. The van der Waals surface area contributed by atoms with E-state index in [-0.39, 0.29) is 34.0 Å². The van der Waals surface area contributed by atoms with Crippen molar-refractivity contribution in [3.05, 3.63) is 30.1 Å². The number of morpholine rings is 1. The second-order valence-corrected chi connectivity index (χ2v) is 4.45. The summed E-state index contributed by atoms with van der Waals surface area (Å²) in [6.07, 6.45) is 0. The van der Waals surface area contributed by atoms with Crippen molar-refractivity contribution in [2.75, 3.05) is 26.3 Å². The second-order valence-electron chi connectivity index (χ2n) is 4.45. The first-order valence-corrected chi connectivity index (χ1v) is 6.06. The summed E-state index contributed by atoms with van der Waals surface area (Å²) in [6.45, 7) is 6.67. The van der Waals surface area contributed by atoms with Gasteiger partial charge in [0.1, 0.15) is 5.82 Å². The Balaban J connectivity index is 0.000000902. The Labute approximate surface area is 134 Å². The number of hydrogen-bond acceptors (Lipinski definition) is 3. The van der Waals surface area contributed by atoms with Crippen LogP contribution in [0.1, 0.15) is 5.82 Å². The number of aromatic nitrogens is 2. The standard InChI is InChI=1S/C13H17N3O.2BrH/c1-11-14-12-4-2-3-5-13(12)16(11)10-15-6-8-17-9-7-15;;/h2-5H,6-10H2,1H3;2*1H. The zero-order valence-electron chi connectivity index (χ0n) is 10.9. The molecule has 0 radical (unpaired) electrons.